The van der Waals surface area contributed by atoms with E-state index in [0.29, 0.717) is 43.8 Å². The summed E-state index contributed by atoms with van der Waals surface area (Å²) >= 11 is 0. The zero-order chi connectivity index (χ0) is 26.6. The first-order valence-corrected chi connectivity index (χ1v) is 14.6. The van der Waals surface area contributed by atoms with Crippen LogP contribution in [0.15, 0.2) is 36.7 Å². The number of rotatable bonds is 7. The number of nitrogens with one attached hydrogen (secondary N) is 2. The molecule has 3 aromatic rings. The molecule has 208 valence electrons. The first-order valence-electron chi connectivity index (χ1n) is 14.6. The Morgan fingerprint density at radius 3 is 2.38 bits per heavy atom. The molecule has 10 heteroatoms. The van der Waals surface area contributed by atoms with Crippen molar-refractivity contribution < 1.29 is 9.53 Å². The van der Waals surface area contributed by atoms with Gasteiger partial charge in [0.15, 0.2) is 17.0 Å². The molecule has 3 heterocycles. The molecule has 1 aliphatic heterocycles. The summed E-state index contributed by atoms with van der Waals surface area (Å²) in [6, 6.07) is 11.1. The molecule has 0 unspecified atom stereocenters. The van der Waals surface area contributed by atoms with Crippen LogP contribution in [0.25, 0.3) is 11.2 Å². The van der Waals surface area contributed by atoms with Gasteiger partial charge in [-0.1, -0.05) is 43.2 Å². The average molecular weight is 533 g/mol. The molecule has 0 radical (unpaired) electrons. The van der Waals surface area contributed by atoms with Gasteiger partial charge in [-0.05, 0) is 56.9 Å². The minimum Gasteiger partial charge on any atom is -0.445 e. The van der Waals surface area contributed by atoms with Crippen LogP contribution in [-0.2, 0) is 11.3 Å². The molecule has 1 saturated heterocycles. The van der Waals surface area contributed by atoms with E-state index in [2.05, 4.69) is 15.2 Å². The second kappa shape index (κ2) is 11.8. The lowest BCUT2D eigenvalue weighted by molar-refractivity contribution is 0.0881. The first-order chi connectivity index (χ1) is 19.1. The van der Waals surface area contributed by atoms with Gasteiger partial charge in [0, 0.05) is 37.3 Å². The van der Waals surface area contributed by atoms with Gasteiger partial charge in [0.05, 0.1) is 6.33 Å². The first kappa shape index (κ1) is 25.9. The summed E-state index contributed by atoms with van der Waals surface area (Å²) in [4.78, 5) is 29.1. The Labute approximate surface area is 229 Å². The fourth-order valence-corrected chi connectivity index (χ4v) is 6.19. The van der Waals surface area contributed by atoms with Gasteiger partial charge in [-0.3, -0.25) is 0 Å². The third-order valence-corrected chi connectivity index (χ3v) is 8.54. The van der Waals surface area contributed by atoms with Gasteiger partial charge >= 0.3 is 6.09 Å². The number of aromatic nitrogens is 4. The van der Waals surface area contributed by atoms with Gasteiger partial charge < -0.3 is 30.6 Å². The number of hydrogen-bond donors (Lipinski definition) is 3. The largest absolute Gasteiger partial charge is 0.445 e. The van der Waals surface area contributed by atoms with Crippen LogP contribution in [0, 0.1) is 0 Å². The van der Waals surface area contributed by atoms with Crippen LogP contribution in [-0.4, -0.2) is 61.7 Å². The summed E-state index contributed by atoms with van der Waals surface area (Å²) in [5.41, 5.74) is 8.84. The standard InChI is InChI=1S/C29H40N8O2/c30-21-10-12-22(13-11-21)33-28-34-26(25-27(35-28)37(19-31-25)24-8-4-5-9-24)32-23-14-16-36(17-15-23)29(38)39-18-20-6-2-1-3-7-20/h1-3,6-7,19,21-24H,4-5,8-18,30H2,(H2,32,33,34,35)/t21-,22-. The Morgan fingerprint density at radius 2 is 1.64 bits per heavy atom. The fourth-order valence-electron chi connectivity index (χ4n) is 6.19. The SMILES string of the molecule is N[C@H]1CC[C@H](Nc2nc(NC3CCN(C(=O)OCc4ccccc4)CC3)c3ncn(C4CCCC4)c3n2)CC1. The third kappa shape index (κ3) is 6.11. The second-order valence-electron chi connectivity index (χ2n) is 11.4. The molecule has 39 heavy (non-hydrogen) atoms. The van der Waals surface area contributed by atoms with Crippen molar-refractivity contribution in [3.05, 3.63) is 42.2 Å². The maximum Gasteiger partial charge on any atom is 0.410 e. The van der Waals surface area contributed by atoms with Crippen LogP contribution in [0.3, 0.4) is 0 Å². The van der Waals surface area contributed by atoms with Gasteiger partial charge in [0.25, 0.3) is 0 Å². The van der Waals surface area contributed by atoms with Gasteiger partial charge in [-0.25, -0.2) is 9.78 Å². The van der Waals surface area contributed by atoms with Crippen molar-refractivity contribution in [3.63, 3.8) is 0 Å². The van der Waals surface area contributed by atoms with E-state index in [1.54, 1.807) is 4.90 Å². The maximum absolute atomic E-state index is 12.6. The summed E-state index contributed by atoms with van der Waals surface area (Å²) in [5.74, 6) is 1.43. The predicted molar refractivity (Wildman–Crippen MR) is 152 cm³/mol. The highest BCUT2D eigenvalue weighted by Crippen LogP contribution is 2.34. The van der Waals surface area contributed by atoms with E-state index in [0.717, 1.165) is 61.1 Å². The van der Waals surface area contributed by atoms with Crippen molar-refractivity contribution in [2.75, 3.05) is 23.7 Å². The van der Waals surface area contributed by atoms with Gasteiger partial charge in [-0.2, -0.15) is 9.97 Å². The van der Waals surface area contributed by atoms with E-state index in [-0.39, 0.29) is 12.1 Å². The van der Waals surface area contributed by atoms with Crippen LogP contribution in [0.1, 0.15) is 75.8 Å². The molecule has 0 spiro atoms. The van der Waals surface area contributed by atoms with Gasteiger partial charge in [0.2, 0.25) is 5.95 Å². The van der Waals surface area contributed by atoms with Crippen LogP contribution >= 0.6 is 0 Å². The topological polar surface area (TPSA) is 123 Å². The van der Waals surface area contributed by atoms with Crippen molar-refractivity contribution in [2.24, 2.45) is 5.73 Å². The van der Waals surface area contributed by atoms with E-state index in [9.17, 15) is 4.79 Å². The minimum absolute atomic E-state index is 0.193. The van der Waals surface area contributed by atoms with Crippen molar-refractivity contribution in [1.82, 2.24) is 24.4 Å². The monoisotopic (exact) mass is 532 g/mol. The predicted octanol–water partition coefficient (Wildman–Crippen LogP) is 4.84. The number of carbonyl (C=O) groups is 1. The molecule has 0 atom stereocenters. The van der Waals surface area contributed by atoms with Crippen LogP contribution in [0.5, 0.6) is 0 Å². The smallest absolute Gasteiger partial charge is 0.410 e. The lowest BCUT2D eigenvalue weighted by Gasteiger charge is -2.32. The van der Waals surface area contributed by atoms with E-state index in [1.165, 1.54) is 25.7 Å². The molecule has 2 aromatic heterocycles. The quantitative estimate of drug-likeness (QED) is 0.395. The molecule has 4 N–H and O–H groups in total. The summed E-state index contributed by atoms with van der Waals surface area (Å²) in [5, 5.41) is 7.26. The minimum atomic E-state index is -0.254. The van der Waals surface area contributed by atoms with Crippen LogP contribution < -0.4 is 16.4 Å². The van der Waals surface area contributed by atoms with Crippen molar-refractivity contribution in [1.29, 1.82) is 0 Å². The third-order valence-electron chi connectivity index (χ3n) is 8.54. The van der Waals surface area contributed by atoms with Crippen molar-refractivity contribution >= 4 is 29.0 Å². The number of hydrogen-bond acceptors (Lipinski definition) is 8. The highest BCUT2D eigenvalue weighted by atomic mass is 16.6. The fraction of sp³-hybridized carbons (Fsp3) is 0.586. The number of amides is 1. The number of anilines is 2. The number of carbonyl (C=O) groups excluding carboxylic acids is 1. The number of fused-ring (bicyclic) bond motifs is 1. The number of piperidine rings is 1. The molecular formula is C29H40N8O2. The Balaban J connectivity index is 1.13. The molecule has 6 rings (SSSR count). The van der Waals surface area contributed by atoms with E-state index in [1.807, 2.05) is 36.7 Å². The number of ether oxygens (including phenoxy) is 1. The van der Waals surface area contributed by atoms with E-state index in [4.69, 9.17) is 25.4 Å². The lowest BCUT2D eigenvalue weighted by Crippen LogP contribution is -2.42. The maximum atomic E-state index is 12.6. The average Bonchev–Trinajstić information content (AvgIpc) is 3.64. The zero-order valence-electron chi connectivity index (χ0n) is 22.6. The number of nitrogens with two attached hydrogens (primary N) is 1. The Hall–Kier alpha value is -3.40. The van der Waals surface area contributed by atoms with E-state index >= 15 is 0 Å². The van der Waals surface area contributed by atoms with Gasteiger partial charge in [0.1, 0.15) is 6.61 Å². The van der Waals surface area contributed by atoms with E-state index < -0.39 is 0 Å². The molecule has 1 amide bonds. The van der Waals surface area contributed by atoms with Gasteiger partial charge in [-0.15, -0.1) is 0 Å². The Morgan fingerprint density at radius 1 is 0.923 bits per heavy atom. The molecule has 1 aromatic carbocycles. The molecule has 10 nitrogen and oxygen atoms in total. The van der Waals surface area contributed by atoms with Crippen molar-refractivity contribution in [2.45, 2.75) is 95.0 Å². The number of imidazole rings is 1. The molecular weight excluding hydrogens is 492 g/mol. The van der Waals surface area contributed by atoms with Crippen LogP contribution in [0.2, 0.25) is 0 Å². The highest BCUT2D eigenvalue weighted by molar-refractivity contribution is 5.84. The molecule has 3 aliphatic rings. The second-order valence-corrected chi connectivity index (χ2v) is 11.4. The molecule has 0 bridgehead atoms. The molecule has 3 fully saturated rings. The van der Waals surface area contributed by atoms with Crippen LogP contribution in [0.4, 0.5) is 16.6 Å². The number of likely N-dealkylation sites (tertiary alicyclic amines) is 1. The molecule has 2 aliphatic carbocycles. The number of benzene rings is 1. The summed E-state index contributed by atoms with van der Waals surface area (Å²) in [6.45, 7) is 1.58. The normalized spacial score (nSPS) is 22.7. The summed E-state index contributed by atoms with van der Waals surface area (Å²) in [7, 11) is 0. The zero-order valence-corrected chi connectivity index (χ0v) is 22.6. The lowest BCUT2D eigenvalue weighted by atomic mass is 9.92. The van der Waals surface area contributed by atoms with Crippen molar-refractivity contribution in [3.8, 4) is 0 Å². The Bertz CT molecular complexity index is 1240. The highest BCUT2D eigenvalue weighted by Gasteiger charge is 2.27. The summed E-state index contributed by atoms with van der Waals surface area (Å²) in [6.07, 6.45) is 12.3. The molecule has 2 saturated carbocycles. The Kier molecular flexibility index (Phi) is 7.81. The summed E-state index contributed by atoms with van der Waals surface area (Å²) < 4.78 is 7.79. The number of nitrogens with zero attached hydrogens (tertiary/aromatic N) is 5.